The Morgan fingerprint density at radius 3 is 1.41 bits per heavy atom. The number of benzene rings is 2. The van der Waals surface area contributed by atoms with Crippen molar-refractivity contribution in [3.63, 3.8) is 0 Å². The highest BCUT2D eigenvalue weighted by atomic mass is 127. The molecule has 2 aromatic rings. The number of rotatable bonds is 2. The van der Waals surface area contributed by atoms with E-state index < -0.39 is 22.5 Å². The van der Waals surface area contributed by atoms with Gasteiger partial charge in [0.1, 0.15) is 22.5 Å². The number of hydrogen-bond acceptors (Lipinski definition) is 15. The maximum atomic E-state index is 6.82. The van der Waals surface area contributed by atoms with Crippen LogP contribution >= 0.6 is 22.6 Å². The van der Waals surface area contributed by atoms with Crippen LogP contribution in [0.2, 0.25) is 0 Å². The predicted octanol–water partition coefficient (Wildman–Crippen LogP) is -4.43. The van der Waals surface area contributed by atoms with Crippen molar-refractivity contribution in [2.45, 2.75) is 22.5 Å². The Morgan fingerprint density at radius 1 is 0.531 bits per heavy atom. The lowest BCUT2D eigenvalue weighted by molar-refractivity contribution is 0.0746. The van der Waals surface area contributed by atoms with Gasteiger partial charge in [0.05, 0.1) is 49.1 Å². The van der Waals surface area contributed by atoms with E-state index in [0.717, 1.165) is 0 Å². The first-order chi connectivity index (χ1) is 14.3. The molecule has 0 amide bonds. The summed E-state index contributed by atoms with van der Waals surface area (Å²) >= 11 is 1.85. The largest absolute Gasteiger partial charge is 0.397 e. The van der Waals surface area contributed by atoms with Crippen molar-refractivity contribution in [2.75, 3.05) is 45.9 Å². The maximum Gasteiger partial charge on any atom is 0.127 e. The second kappa shape index (κ2) is 6.42. The average Bonchev–Trinajstić information content (AvgIpc) is 2.82. The van der Waals surface area contributed by atoms with Crippen LogP contribution in [0.1, 0.15) is 16.7 Å². The summed E-state index contributed by atoms with van der Waals surface area (Å²) in [4.78, 5) is 0. The molecule has 0 saturated heterocycles. The Bertz CT molecular complexity index is 1140. The highest BCUT2D eigenvalue weighted by Crippen LogP contribution is 2.59. The molecule has 0 spiro atoms. The Kier molecular flexibility index (Phi) is 4.80. The van der Waals surface area contributed by atoms with Gasteiger partial charge in [0.25, 0.3) is 0 Å². The summed E-state index contributed by atoms with van der Waals surface area (Å²) in [6.07, 6.45) is 0. The summed E-state index contributed by atoms with van der Waals surface area (Å²) in [5.41, 5.74) is 84.9. The molecule has 1 aliphatic carbocycles. The summed E-state index contributed by atoms with van der Waals surface area (Å²) in [5.74, 6) is 0. The van der Waals surface area contributed by atoms with Gasteiger partial charge in [0.2, 0.25) is 0 Å². The van der Waals surface area contributed by atoms with Crippen LogP contribution in [-0.4, -0.2) is 5.66 Å². The van der Waals surface area contributed by atoms with Crippen molar-refractivity contribution in [1.82, 2.24) is 0 Å². The van der Waals surface area contributed by atoms with E-state index in [1.807, 2.05) is 22.6 Å². The van der Waals surface area contributed by atoms with Crippen LogP contribution in [0.4, 0.5) is 45.5 Å². The molecular formula is C16H30IN15. The first-order valence-electron chi connectivity index (χ1n) is 9.02. The standard InChI is InChI=1S/C16H30IN15/c17-4-5(18)3(8(21)10(23)9(4)22)14(27,28)13(26)1-2(15(29,30)16(13,31)32)7(20)12(25)11(24)6(1)19/h18-32H2. The van der Waals surface area contributed by atoms with Gasteiger partial charge in [-0.1, -0.05) is 0 Å². The Morgan fingerprint density at radius 2 is 0.938 bits per heavy atom. The zero-order chi connectivity index (χ0) is 24.9. The summed E-state index contributed by atoms with van der Waals surface area (Å²) in [6.45, 7) is 0. The number of nitrogens with two attached hydrogens (primary N) is 15. The van der Waals surface area contributed by atoms with Gasteiger partial charge >= 0.3 is 0 Å². The van der Waals surface area contributed by atoms with Crippen LogP contribution in [-0.2, 0) is 16.9 Å². The molecule has 1 aliphatic rings. The summed E-state index contributed by atoms with van der Waals surface area (Å²) in [7, 11) is 0. The third-order valence-corrected chi connectivity index (χ3v) is 7.62. The smallest absolute Gasteiger partial charge is 0.127 e. The monoisotopic (exact) mass is 559 g/mol. The van der Waals surface area contributed by atoms with E-state index in [9.17, 15) is 0 Å². The predicted molar refractivity (Wildman–Crippen MR) is 138 cm³/mol. The van der Waals surface area contributed by atoms with E-state index in [2.05, 4.69) is 0 Å². The molecule has 0 saturated carbocycles. The number of nitrogen functional groups attached to an aromatic ring is 8. The van der Waals surface area contributed by atoms with Gasteiger partial charge in [-0.05, 0) is 22.6 Å². The molecule has 1 atom stereocenters. The lowest BCUT2D eigenvalue weighted by Crippen LogP contribution is -2.86. The fourth-order valence-corrected chi connectivity index (χ4v) is 4.96. The van der Waals surface area contributed by atoms with Crippen molar-refractivity contribution >= 4 is 68.1 Å². The van der Waals surface area contributed by atoms with E-state index in [1.165, 1.54) is 0 Å². The molecule has 0 bridgehead atoms. The molecule has 0 heterocycles. The molecule has 32 heavy (non-hydrogen) atoms. The fourth-order valence-electron chi connectivity index (χ4n) is 4.40. The number of halogens is 1. The summed E-state index contributed by atoms with van der Waals surface area (Å²) < 4.78 is 0.321. The van der Waals surface area contributed by atoms with E-state index >= 15 is 0 Å². The van der Waals surface area contributed by atoms with Crippen LogP contribution < -0.4 is 86.0 Å². The van der Waals surface area contributed by atoms with E-state index in [-0.39, 0.29) is 62.2 Å². The average molecular weight is 559 g/mol. The number of anilines is 8. The van der Waals surface area contributed by atoms with Crippen molar-refractivity contribution in [1.29, 1.82) is 0 Å². The minimum Gasteiger partial charge on any atom is -0.397 e. The Balaban J connectivity index is 2.58. The maximum absolute atomic E-state index is 6.82. The van der Waals surface area contributed by atoms with Crippen molar-refractivity contribution in [2.24, 2.45) is 40.1 Å². The zero-order valence-electron chi connectivity index (χ0n) is 17.0. The first kappa shape index (κ1) is 23.9. The van der Waals surface area contributed by atoms with Crippen LogP contribution in [0, 0.1) is 3.57 Å². The molecule has 16 heteroatoms. The van der Waals surface area contributed by atoms with E-state index in [1.54, 1.807) is 0 Å². The van der Waals surface area contributed by atoms with Gasteiger partial charge in [0.15, 0.2) is 0 Å². The number of fused-ring (bicyclic) bond motifs is 1. The van der Waals surface area contributed by atoms with E-state index in [0.29, 0.717) is 3.57 Å². The molecule has 30 N–H and O–H groups in total. The highest BCUT2D eigenvalue weighted by Gasteiger charge is 2.72. The molecule has 0 aromatic heterocycles. The normalized spacial score (nSPS) is 21.5. The second-order valence-corrected chi connectivity index (χ2v) is 9.24. The van der Waals surface area contributed by atoms with Gasteiger partial charge in [0, 0.05) is 16.7 Å². The van der Waals surface area contributed by atoms with Gasteiger partial charge in [-0.15, -0.1) is 0 Å². The molecule has 15 nitrogen and oxygen atoms in total. The van der Waals surface area contributed by atoms with Crippen LogP contribution in [0.15, 0.2) is 0 Å². The minimum absolute atomic E-state index is 0.0107. The summed E-state index contributed by atoms with van der Waals surface area (Å²) in [6, 6.07) is 0. The second-order valence-electron chi connectivity index (χ2n) is 8.16. The van der Waals surface area contributed by atoms with Crippen molar-refractivity contribution in [3.8, 4) is 0 Å². The van der Waals surface area contributed by atoms with Gasteiger partial charge in [-0.2, -0.15) is 0 Å². The van der Waals surface area contributed by atoms with Crippen molar-refractivity contribution < 1.29 is 0 Å². The lowest BCUT2D eigenvalue weighted by Gasteiger charge is -2.52. The third kappa shape index (κ3) is 2.31. The molecular weight excluding hydrogens is 529 g/mol. The fraction of sp³-hybridized carbons (Fsp3) is 0.250. The van der Waals surface area contributed by atoms with Crippen LogP contribution in [0.5, 0.6) is 0 Å². The zero-order valence-corrected chi connectivity index (χ0v) is 19.2. The molecule has 176 valence electrons. The quantitative estimate of drug-likeness (QED) is 0.0937. The first-order valence-corrected chi connectivity index (χ1v) is 10.1. The molecule has 2 aromatic carbocycles. The number of hydrogen-bond donors (Lipinski definition) is 15. The van der Waals surface area contributed by atoms with Crippen LogP contribution in [0.25, 0.3) is 0 Å². The SMILES string of the molecule is Nc1c(N)c(N)c2c(c1N)C(N)(N)C(N)(N)C2(N)C(N)(N)c1c(N)c(N)c(N)c(I)c1N. The molecule has 3 rings (SSSR count). The van der Waals surface area contributed by atoms with E-state index in [4.69, 9.17) is 86.0 Å². The minimum atomic E-state index is -2.30. The molecule has 0 radical (unpaired) electrons. The molecule has 0 aliphatic heterocycles. The topological polar surface area (TPSA) is 390 Å². The lowest BCUT2D eigenvalue weighted by atomic mass is 9.69. The van der Waals surface area contributed by atoms with Crippen LogP contribution in [0.3, 0.4) is 0 Å². The molecule has 0 fully saturated rings. The Labute approximate surface area is 196 Å². The molecule has 1 unspecified atom stereocenters. The third-order valence-electron chi connectivity index (χ3n) is 6.46. The van der Waals surface area contributed by atoms with Crippen molar-refractivity contribution in [3.05, 3.63) is 20.3 Å². The van der Waals surface area contributed by atoms with Gasteiger partial charge < -0.3 is 86.0 Å². The van der Waals surface area contributed by atoms with Gasteiger partial charge in [-0.25, -0.2) is 0 Å². The Hall–Kier alpha value is -2.71. The highest BCUT2D eigenvalue weighted by molar-refractivity contribution is 14.1. The van der Waals surface area contributed by atoms with Gasteiger partial charge in [-0.3, -0.25) is 0 Å². The summed E-state index contributed by atoms with van der Waals surface area (Å²) in [5, 5.41) is 0.